The first-order valence-electron chi connectivity index (χ1n) is 4.17. The van der Waals surface area contributed by atoms with Gasteiger partial charge in [-0.1, -0.05) is 15.9 Å². The standard InChI is InChI=1S/C10H6BrClFNO/c11-6-1-2-7(8(13)3-6)9-5-14-10(4-12)15-9/h1-3,5H,4H2. The Morgan fingerprint density at radius 2 is 2.27 bits per heavy atom. The zero-order valence-electron chi connectivity index (χ0n) is 7.51. The van der Waals surface area contributed by atoms with Gasteiger partial charge in [0.15, 0.2) is 5.76 Å². The van der Waals surface area contributed by atoms with E-state index in [1.165, 1.54) is 12.3 Å². The maximum Gasteiger partial charge on any atom is 0.209 e. The number of nitrogens with zero attached hydrogens (tertiary/aromatic N) is 1. The third-order valence-corrected chi connectivity index (χ3v) is 2.59. The minimum Gasteiger partial charge on any atom is -0.439 e. The van der Waals surface area contributed by atoms with Gasteiger partial charge in [-0.05, 0) is 18.2 Å². The number of benzene rings is 1. The average molecular weight is 291 g/mol. The van der Waals surface area contributed by atoms with E-state index in [9.17, 15) is 4.39 Å². The zero-order valence-corrected chi connectivity index (χ0v) is 9.85. The number of hydrogen-bond donors (Lipinski definition) is 0. The van der Waals surface area contributed by atoms with Crippen molar-refractivity contribution in [2.24, 2.45) is 0 Å². The van der Waals surface area contributed by atoms with E-state index in [1.54, 1.807) is 12.1 Å². The van der Waals surface area contributed by atoms with Crippen LogP contribution in [-0.2, 0) is 5.88 Å². The van der Waals surface area contributed by atoms with Crippen molar-refractivity contribution in [1.82, 2.24) is 4.98 Å². The molecule has 0 amide bonds. The highest BCUT2D eigenvalue weighted by Gasteiger charge is 2.10. The molecule has 0 fully saturated rings. The number of rotatable bonds is 2. The first kappa shape index (κ1) is 10.6. The maximum atomic E-state index is 13.5. The SMILES string of the molecule is Fc1cc(Br)ccc1-c1cnc(CCl)o1. The predicted octanol–water partition coefficient (Wildman–Crippen LogP) is 3.98. The molecule has 5 heteroatoms. The molecule has 2 rings (SSSR count). The molecule has 1 aromatic heterocycles. The molecule has 0 spiro atoms. The van der Waals surface area contributed by atoms with Gasteiger partial charge in [-0.3, -0.25) is 0 Å². The third kappa shape index (κ3) is 2.21. The van der Waals surface area contributed by atoms with Gasteiger partial charge >= 0.3 is 0 Å². The van der Waals surface area contributed by atoms with E-state index in [1.807, 2.05) is 0 Å². The Morgan fingerprint density at radius 3 is 2.87 bits per heavy atom. The van der Waals surface area contributed by atoms with Crippen molar-refractivity contribution in [3.63, 3.8) is 0 Å². The summed E-state index contributed by atoms with van der Waals surface area (Å²) in [6, 6.07) is 4.73. The van der Waals surface area contributed by atoms with E-state index in [2.05, 4.69) is 20.9 Å². The Hall–Kier alpha value is -0.870. The molecule has 15 heavy (non-hydrogen) atoms. The van der Waals surface area contributed by atoms with Crippen LogP contribution < -0.4 is 0 Å². The molecule has 0 unspecified atom stereocenters. The van der Waals surface area contributed by atoms with Crippen LogP contribution in [0.25, 0.3) is 11.3 Å². The Bertz CT molecular complexity index is 486. The van der Waals surface area contributed by atoms with Gasteiger partial charge in [0.1, 0.15) is 5.82 Å². The highest BCUT2D eigenvalue weighted by molar-refractivity contribution is 9.10. The van der Waals surface area contributed by atoms with Crippen molar-refractivity contribution in [2.75, 3.05) is 0 Å². The van der Waals surface area contributed by atoms with Gasteiger partial charge in [-0.2, -0.15) is 0 Å². The number of alkyl halides is 1. The van der Waals surface area contributed by atoms with Gasteiger partial charge in [0.25, 0.3) is 0 Å². The lowest BCUT2D eigenvalue weighted by Gasteiger charge is -1.98. The highest BCUT2D eigenvalue weighted by atomic mass is 79.9. The summed E-state index contributed by atoms with van der Waals surface area (Å²) in [4.78, 5) is 3.90. The minimum atomic E-state index is -0.360. The molecule has 1 aromatic carbocycles. The smallest absolute Gasteiger partial charge is 0.209 e. The van der Waals surface area contributed by atoms with E-state index in [0.717, 1.165) is 0 Å². The molecule has 1 heterocycles. The van der Waals surface area contributed by atoms with Crippen LogP contribution >= 0.6 is 27.5 Å². The van der Waals surface area contributed by atoms with Crippen LogP contribution in [0.2, 0.25) is 0 Å². The largest absolute Gasteiger partial charge is 0.439 e. The number of aromatic nitrogens is 1. The molecule has 0 aliphatic heterocycles. The molecule has 0 saturated heterocycles. The summed E-state index contributed by atoms with van der Waals surface area (Å²) >= 11 is 8.72. The minimum absolute atomic E-state index is 0.179. The number of hydrogen-bond acceptors (Lipinski definition) is 2. The van der Waals surface area contributed by atoms with Crippen molar-refractivity contribution >= 4 is 27.5 Å². The summed E-state index contributed by atoms with van der Waals surface area (Å²) in [6.45, 7) is 0. The third-order valence-electron chi connectivity index (χ3n) is 1.86. The highest BCUT2D eigenvalue weighted by Crippen LogP contribution is 2.26. The van der Waals surface area contributed by atoms with E-state index in [-0.39, 0.29) is 11.7 Å². The van der Waals surface area contributed by atoms with Crippen molar-refractivity contribution in [2.45, 2.75) is 5.88 Å². The molecule has 0 saturated carbocycles. The summed E-state index contributed by atoms with van der Waals surface area (Å²) in [5, 5.41) is 0. The zero-order chi connectivity index (χ0) is 10.8. The quantitative estimate of drug-likeness (QED) is 0.782. The monoisotopic (exact) mass is 289 g/mol. The number of halogens is 3. The predicted molar refractivity (Wildman–Crippen MR) is 59.2 cm³/mol. The van der Waals surface area contributed by atoms with Crippen LogP contribution in [0.5, 0.6) is 0 Å². The molecule has 0 atom stereocenters. The van der Waals surface area contributed by atoms with Crippen molar-refractivity contribution in [3.8, 4) is 11.3 Å². The summed E-state index contributed by atoms with van der Waals surface area (Å²) in [5.74, 6) is 0.587. The Morgan fingerprint density at radius 1 is 1.47 bits per heavy atom. The van der Waals surface area contributed by atoms with Gasteiger partial charge in [-0.15, -0.1) is 11.6 Å². The molecular weight excluding hydrogens is 284 g/mol. The first-order chi connectivity index (χ1) is 7.20. The van der Waals surface area contributed by atoms with Crippen molar-refractivity contribution in [3.05, 3.63) is 40.6 Å². The molecule has 0 aliphatic carbocycles. The molecule has 0 radical (unpaired) electrons. The van der Waals surface area contributed by atoms with Gasteiger partial charge in [0.2, 0.25) is 5.89 Å². The van der Waals surface area contributed by atoms with Crippen molar-refractivity contribution < 1.29 is 8.81 Å². The normalized spacial score (nSPS) is 10.6. The number of oxazole rings is 1. The first-order valence-corrected chi connectivity index (χ1v) is 5.49. The Balaban J connectivity index is 2.44. The van der Waals surface area contributed by atoms with Crippen LogP contribution in [0.4, 0.5) is 4.39 Å². The van der Waals surface area contributed by atoms with Crippen LogP contribution in [0.15, 0.2) is 33.3 Å². The van der Waals surface area contributed by atoms with E-state index >= 15 is 0 Å². The Kier molecular flexibility index (Phi) is 3.07. The second kappa shape index (κ2) is 4.33. The summed E-state index contributed by atoms with van der Waals surface area (Å²) < 4.78 is 19.4. The van der Waals surface area contributed by atoms with Gasteiger partial charge < -0.3 is 4.42 Å². The fourth-order valence-electron chi connectivity index (χ4n) is 1.19. The molecule has 2 aromatic rings. The summed E-state index contributed by atoms with van der Waals surface area (Å²) in [7, 11) is 0. The lowest BCUT2D eigenvalue weighted by atomic mass is 10.2. The second-order valence-electron chi connectivity index (χ2n) is 2.88. The lowest BCUT2D eigenvalue weighted by Crippen LogP contribution is -1.81. The van der Waals surface area contributed by atoms with Crippen LogP contribution in [0.3, 0.4) is 0 Å². The van der Waals surface area contributed by atoms with Gasteiger partial charge in [-0.25, -0.2) is 9.37 Å². The molecule has 2 nitrogen and oxygen atoms in total. The topological polar surface area (TPSA) is 26.0 Å². The van der Waals surface area contributed by atoms with Crippen LogP contribution in [-0.4, -0.2) is 4.98 Å². The van der Waals surface area contributed by atoms with Gasteiger partial charge in [0.05, 0.1) is 17.6 Å². The molecule has 78 valence electrons. The molecular formula is C10H6BrClFNO. The average Bonchev–Trinajstić information content (AvgIpc) is 2.66. The molecule has 0 bridgehead atoms. The summed E-state index contributed by atoms with van der Waals surface area (Å²) in [5.41, 5.74) is 0.377. The lowest BCUT2D eigenvalue weighted by molar-refractivity contribution is 0.523. The second-order valence-corrected chi connectivity index (χ2v) is 4.06. The fourth-order valence-corrected chi connectivity index (χ4v) is 1.64. The maximum absolute atomic E-state index is 13.5. The summed E-state index contributed by atoms with van der Waals surface area (Å²) in [6.07, 6.45) is 1.46. The van der Waals surface area contributed by atoms with E-state index in [4.69, 9.17) is 16.0 Å². The fraction of sp³-hybridized carbons (Fsp3) is 0.100. The van der Waals surface area contributed by atoms with Crippen LogP contribution in [0.1, 0.15) is 5.89 Å². The Labute approximate surface area is 99.2 Å². The van der Waals surface area contributed by atoms with E-state index in [0.29, 0.717) is 21.7 Å². The van der Waals surface area contributed by atoms with Crippen LogP contribution in [0, 0.1) is 5.82 Å². The molecule has 0 aliphatic rings. The molecule has 0 N–H and O–H groups in total. The van der Waals surface area contributed by atoms with Gasteiger partial charge in [0, 0.05) is 4.47 Å². The van der Waals surface area contributed by atoms with E-state index < -0.39 is 0 Å². The van der Waals surface area contributed by atoms with Crippen molar-refractivity contribution in [1.29, 1.82) is 0 Å².